The van der Waals surface area contributed by atoms with E-state index in [4.69, 9.17) is 11.6 Å². The van der Waals surface area contributed by atoms with E-state index in [1.165, 1.54) is 23.1 Å². The molecule has 0 radical (unpaired) electrons. The molecule has 7 heteroatoms. The SMILES string of the molecule is CN(Cc1ccccc1)C(=O)Nc1ccc([N+](=O)[O-])cc1Cl. The van der Waals surface area contributed by atoms with Crippen LogP contribution in [0.2, 0.25) is 5.02 Å². The van der Waals surface area contributed by atoms with Gasteiger partial charge in [-0.1, -0.05) is 41.9 Å². The smallest absolute Gasteiger partial charge is 0.321 e. The molecule has 0 unspecified atom stereocenters. The Balaban J connectivity index is 2.04. The van der Waals surface area contributed by atoms with Gasteiger partial charge in [-0.15, -0.1) is 0 Å². The number of anilines is 1. The number of nitro benzene ring substituents is 1. The Morgan fingerprint density at radius 3 is 2.55 bits per heavy atom. The molecule has 2 rings (SSSR count). The van der Waals surface area contributed by atoms with Crippen molar-refractivity contribution in [2.45, 2.75) is 6.54 Å². The topological polar surface area (TPSA) is 75.5 Å². The molecule has 114 valence electrons. The molecule has 0 spiro atoms. The van der Waals surface area contributed by atoms with Crippen LogP contribution in [0.1, 0.15) is 5.56 Å². The van der Waals surface area contributed by atoms with Crippen molar-refractivity contribution >= 4 is 29.0 Å². The lowest BCUT2D eigenvalue weighted by atomic mass is 10.2. The standard InChI is InChI=1S/C15H14ClN3O3/c1-18(10-11-5-3-2-4-6-11)15(20)17-14-8-7-12(19(21)22)9-13(14)16/h2-9H,10H2,1H3,(H,17,20). The van der Waals surface area contributed by atoms with E-state index in [1.807, 2.05) is 30.3 Å². The molecule has 0 aliphatic rings. The number of nitro groups is 1. The van der Waals surface area contributed by atoms with Crippen LogP contribution in [-0.2, 0) is 6.54 Å². The first kappa shape index (κ1) is 15.8. The Morgan fingerprint density at radius 2 is 1.95 bits per heavy atom. The average molecular weight is 320 g/mol. The maximum absolute atomic E-state index is 12.1. The summed E-state index contributed by atoms with van der Waals surface area (Å²) < 4.78 is 0. The van der Waals surface area contributed by atoms with Crippen LogP contribution in [0.5, 0.6) is 0 Å². The van der Waals surface area contributed by atoms with Crippen LogP contribution in [0.25, 0.3) is 0 Å². The molecular weight excluding hydrogens is 306 g/mol. The van der Waals surface area contributed by atoms with Gasteiger partial charge >= 0.3 is 6.03 Å². The van der Waals surface area contributed by atoms with Crippen molar-refractivity contribution in [3.63, 3.8) is 0 Å². The second-order valence-corrected chi connectivity index (χ2v) is 5.10. The predicted octanol–water partition coefficient (Wildman–Crippen LogP) is 3.91. The molecule has 22 heavy (non-hydrogen) atoms. The molecule has 0 saturated heterocycles. The first-order valence-electron chi connectivity index (χ1n) is 6.47. The van der Waals surface area contributed by atoms with Gasteiger partial charge in [0.15, 0.2) is 0 Å². The highest BCUT2D eigenvalue weighted by Gasteiger charge is 2.14. The van der Waals surface area contributed by atoms with E-state index in [1.54, 1.807) is 7.05 Å². The number of urea groups is 1. The molecule has 0 saturated carbocycles. The Bertz CT molecular complexity index is 692. The summed E-state index contributed by atoms with van der Waals surface area (Å²) in [5.41, 5.74) is 1.20. The number of carbonyl (C=O) groups is 1. The number of halogens is 1. The lowest BCUT2D eigenvalue weighted by Crippen LogP contribution is -2.30. The Morgan fingerprint density at radius 1 is 1.27 bits per heavy atom. The Labute approximate surface area is 132 Å². The number of amides is 2. The second kappa shape index (κ2) is 6.91. The van der Waals surface area contributed by atoms with Crippen LogP contribution >= 0.6 is 11.6 Å². The third-order valence-electron chi connectivity index (χ3n) is 3.01. The van der Waals surface area contributed by atoms with E-state index in [0.29, 0.717) is 12.2 Å². The van der Waals surface area contributed by atoms with E-state index < -0.39 is 4.92 Å². The van der Waals surface area contributed by atoms with Gasteiger partial charge in [0.2, 0.25) is 0 Å². The average Bonchev–Trinajstić information content (AvgIpc) is 2.50. The van der Waals surface area contributed by atoms with Gasteiger partial charge < -0.3 is 10.2 Å². The zero-order valence-electron chi connectivity index (χ0n) is 11.8. The van der Waals surface area contributed by atoms with E-state index in [9.17, 15) is 14.9 Å². The molecule has 6 nitrogen and oxygen atoms in total. The number of nitrogens with zero attached hydrogens (tertiary/aromatic N) is 2. The molecule has 1 N–H and O–H groups in total. The molecule has 2 aromatic carbocycles. The summed E-state index contributed by atoms with van der Waals surface area (Å²) in [6.07, 6.45) is 0. The van der Waals surface area contributed by atoms with Crippen molar-refractivity contribution in [2.24, 2.45) is 0 Å². The van der Waals surface area contributed by atoms with Crippen molar-refractivity contribution in [3.8, 4) is 0 Å². The molecule has 2 amide bonds. The van der Waals surface area contributed by atoms with Gasteiger partial charge in [0.05, 0.1) is 15.6 Å². The van der Waals surface area contributed by atoms with E-state index in [2.05, 4.69) is 5.32 Å². The molecule has 0 aromatic heterocycles. The number of benzene rings is 2. The van der Waals surface area contributed by atoms with Crippen molar-refractivity contribution < 1.29 is 9.72 Å². The number of non-ortho nitro benzene ring substituents is 1. The number of rotatable bonds is 4. The van der Waals surface area contributed by atoms with Crippen molar-refractivity contribution in [1.82, 2.24) is 4.90 Å². The van der Waals surface area contributed by atoms with E-state index >= 15 is 0 Å². The number of carbonyl (C=O) groups excluding carboxylic acids is 1. The zero-order chi connectivity index (χ0) is 16.1. The maximum Gasteiger partial charge on any atom is 0.321 e. The lowest BCUT2D eigenvalue weighted by Gasteiger charge is -2.18. The fourth-order valence-corrected chi connectivity index (χ4v) is 2.08. The summed E-state index contributed by atoms with van der Waals surface area (Å²) >= 11 is 5.94. The van der Waals surface area contributed by atoms with E-state index in [0.717, 1.165) is 5.56 Å². The molecule has 0 heterocycles. The summed E-state index contributed by atoms with van der Waals surface area (Å²) in [5, 5.41) is 13.4. The van der Waals surface area contributed by atoms with Crippen molar-refractivity contribution in [1.29, 1.82) is 0 Å². The highest BCUT2D eigenvalue weighted by Crippen LogP contribution is 2.26. The summed E-state index contributed by atoms with van der Waals surface area (Å²) in [7, 11) is 1.65. The van der Waals surface area contributed by atoms with Gasteiger partial charge in [-0.25, -0.2) is 4.79 Å². The van der Waals surface area contributed by atoms with Crippen LogP contribution in [-0.4, -0.2) is 22.9 Å². The van der Waals surface area contributed by atoms with Gasteiger partial charge in [0.25, 0.3) is 5.69 Å². The predicted molar refractivity (Wildman–Crippen MR) is 85.0 cm³/mol. The van der Waals surface area contributed by atoms with Gasteiger partial charge in [-0.3, -0.25) is 10.1 Å². The van der Waals surface area contributed by atoms with Gasteiger partial charge in [-0.05, 0) is 11.6 Å². The molecule has 0 fully saturated rings. The quantitative estimate of drug-likeness (QED) is 0.685. The molecule has 0 aliphatic carbocycles. The first-order valence-corrected chi connectivity index (χ1v) is 6.85. The normalized spacial score (nSPS) is 10.1. The lowest BCUT2D eigenvalue weighted by molar-refractivity contribution is -0.384. The fraction of sp³-hybridized carbons (Fsp3) is 0.133. The van der Waals surface area contributed by atoms with Crippen molar-refractivity contribution in [3.05, 3.63) is 69.2 Å². The van der Waals surface area contributed by atoms with Crippen LogP contribution in [0.15, 0.2) is 48.5 Å². The number of hydrogen-bond donors (Lipinski definition) is 1. The van der Waals surface area contributed by atoms with Gasteiger partial charge in [-0.2, -0.15) is 0 Å². The molecular formula is C15H14ClN3O3. The third-order valence-corrected chi connectivity index (χ3v) is 3.33. The molecule has 0 aliphatic heterocycles. The Kier molecular flexibility index (Phi) is 4.95. The number of hydrogen-bond acceptors (Lipinski definition) is 3. The summed E-state index contributed by atoms with van der Waals surface area (Å²) in [5.74, 6) is 0. The molecule has 0 atom stereocenters. The summed E-state index contributed by atoms with van der Waals surface area (Å²) in [6, 6.07) is 13.1. The minimum absolute atomic E-state index is 0.121. The van der Waals surface area contributed by atoms with Gasteiger partial charge in [0, 0.05) is 25.7 Å². The van der Waals surface area contributed by atoms with Crippen LogP contribution in [0.3, 0.4) is 0 Å². The fourth-order valence-electron chi connectivity index (χ4n) is 1.86. The van der Waals surface area contributed by atoms with E-state index in [-0.39, 0.29) is 16.7 Å². The van der Waals surface area contributed by atoms with Crippen LogP contribution in [0.4, 0.5) is 16.2 Å². The largest absolute Gasteiger partial charge is 0.323 e. The first-order chi connectivity index (χ1) is 10.5. The van der Waals surface area contributed by atoms with Gasteiger partial charge in [0.1, 0.15) is 0 Å². The summed E-state index contributed by atoms with van der Waals surface area (Å²) in [4.78, 5) is 23.7. The maximum atomic E-state index is 12.1. The Hall–Kier alpha value is -2.60. The minimum Gasteiger partial charge on any atom is -0.323 e. The minimum atomic E-state index is -0.543. The van der Waals surface area contributed by atoms with Crippen LogP contribution < -0.4 is 5.32 Å². The van der Waals surface area contributed by atoms with Crippen LogP contribution in [0, 0.1) is 10.1 Å². The monoisotopic (exact) mass is 319 g/mol. The zero-order valence-corrected chi connectivity index (χ0v) is 12.6. The second-order valence-electron chi connectivity index (χ2n) is 4.69. The number of nitrogens with one attached hydrogen (secondary N) is 1. The van der Waals surface area contributed by atoms with Crippen molar-refractivity contribution in [2.75, 3.05) is 12.4 Å². The third kappa shape index (κ3) is 3.95. The molecule has 0 bridgehead atoms. The summed E-state index contributed by atoms with van der Waals surface area (Å²) in [6.45, 7) is 0.442. The highest BCUT2D eigenvalue weighted by atomic mass is 35.5. The highest BCUT2D eigenvalue weighted by molar-refractivity contribution is 6.33. The molecule has 2 aromatic rings.